The van der Waals surface area contributed by atoms with Crippen molar-refractivity contribution < 1.29 is 13.9 Å². The summed E-state index contributed by atoms with van der Waals surface area (Å²) >= 11 is 0. The minimum atomic E-state index is -0.465. The van der Waals surface area contributed by atoms with E-state index in [0.29, 0.717) is 12.2 Å². The van der Waals surface area contributed by atoms with Gasteiger partial charge in [-0.1, -0.05) is 12.1 Å². The van der Waals surface area contributed by atoms with Gasteiger partial charge >= 0.3 is 5.97 Å². The third-order valence-corrected chi connectivity index (χ3v) is 2.77. The first-order chi connectivity index (χ1) is 9.60. The highest BCUT2D eigenvalue weighted by atomic mass is 19.1. The van der Waals surface area contributed by atoms with Crippen molar-refractivity contribution in [1.82, 2.24) is 4.57 Å². The van der Waals surface area contributed by atoms with Crippen molar-refractivity contribution in [3.8, 4) is 0 Å². The lowest BCUT2D eigenvalue weighted by molar-refractivity contribution is 0.0526. The number of rotatable bonds is 4. The number of carbonyl (C=O) groups excluding carboxylic acids is 1. The molecular formula is C15H14FNO3. The summed E-state index contributed by atoms with van der Waals surface area (Å²) in [5, 5.41) is 0. The fraction of sp³-hybridized carbons (Fsp3) is 0.200. The normalized spacial score (nSPS) is 10.3. The summed E-state index contributed by atoms with van der Waals surface area (Å²) in [6.45, 7) is 2.31. The number of nitrogens with zero attached hydrogens (tertiary/aromatic N) is 1. The molecule has 0 spiro atoms. The average Bonchev–Trinajstić information content (AvgIpc) is 2.44. The second-order valence-electron chi connectivity index (χ2n) is 4.23. The molecule has 0 saturated heterocycles. The zero-order valence-electron chi connectivity index (χ0n) is 11.0. The molecule has 0 saturated carbocycles. The van der Waals surface area contributed by atoms with Crippen molar-refractivity contribution in [2.75, 3.05) is 6.61 Å². The Balaban J connectivity index is 2.17. The lowest BCUT2D eigenvalue weighted by Gasteiger charge is -2.07. The molecular weight excluding hydrogens is 261 g/mol. The number of ether oxygens (including phenoxy) is 1. The molecule has 0 fully saturated rings. The van der Waals surface area contributed by atoms with Crippen molar-refractivity contribution in [2.45, 2.75) is 13.5 Å². The Morgan fingerprint density at radius 3 is 2.55 bits per heavy atom. The predicted octanol–water partition coefficient (Wildman–Crippen LogP) is 2.21. The Morgan fingerprint density at radius 1 is 1.20 bits per heavy atom. The first kappa shape index (κ1) is 14.0. The summed E-state index contributed by atoms with van der Waals surface area (Å²) in [6.07, 6.45) is 1.15. The van der Waals surface area contributed by atoms with Gasteiger partial charge in [-0.15, -0.1) is 0 Å². The Kier molecular flexibility index (Phi) is 4.30. The van der Waals surface area contributed by atoms with Crippen LogP contribution in [0, 0.1) is 5.82 Å². The molecule has 0 aliphatic rings. The topological polar surface area (TPSA) is 48.3 Å². The highest BCUT2D eigenvalue weighted by Crippen LogP contribution is 2.07. The van der Waals surface area contributed by atoms with Gasteiger partial charge in [0.05, 0.1) is 18.7 Å². The lowest BCUT2D eigenvalue weighted by Crippen LogP contribution is -2.19. The molecule has 0 N–H and O–H groups in total. The highest BCUT2D eigenvalue weighted by Gasteiger charge is 2.06. The highest BCUT2D eigenvalue weighted by molar-refractivity contribution is 5.89. The number of hydrogen-bond donors (Lipinski definition) is 0. The number of hydrogen-bond acceptors (Lipinski definition) is 3. The van der Waals surface area contributed by atoms with E-state index < -0.39 is 5.82 Å². The minimum absolute atomic E-state index is 0.250. The number of halogens is 1. The van der Waals surface area contributed by atoms with Gasteiger partial charge in [0.1, 0.15) is 5.82 Å². The Labute approximate surface area is 115 Å². The van der Waals surface area contributed by atoms with Gasteiger partial charge in [0.2, 0.25) is 0 Å². The number of benzene rings is 1. The van der Waals surface area contributed by atoms with E-state index in [0.717, 1.165) is 17.8 Å². The molecule has 1 aromatic carbocycles. The van der Waals surface area contributed by atoms with Crippen LogP contribution in [-0.2, 0) is 11.3 Å². The van der Waals surface area contributed by atoms with E-state index in [9.17, 15) is 14.0 Å². The maximum atomic E-state index is 13.1. The van der Waals surface area contributed by atoms with Crippen LogP contribution in [0.3, 0.4) is 0 Å². The summed E-state index contributed by atoms with van der Waals surface area (Å²) in [4.78, 5) is 23.0. The van der Waals surface area contributed by atoms with Crippen LogP contribution in [0.2, 0.25) is 0 Å². The molecule has 0 amide bonds. The maximum absolute atomic E-state index is 13.1. The fourth-order valence-electron chi connectivity index (χ4n) is 1.78. The smallest absolute Gasteiger partial charge is 0.338 e. The summed E-state index contributed by atoms with van der Waals surface area (Å²) in [6, 6.07) is 8.98. The van der Waals surface area contributed by atoms with Crippen molar-refractivity contribution in [3.05, 3.63) is 69.9 Å². The summed E-state index contributed by atoms with van der Waals surface area (Å²) in [5.41, 5.74) is 0.966. The van der Waals surface area contributed by atoms with Crippen LogP contribution >= 0.6 is 0 Å². The molecule has 0 aliphatic heterocycles. The molecule has 0 aliphatic carbocycles. The van der Waals surface area contributed by atoms with E-state index in [1.165, 1.54) is 10.6 Å². The molecule has 1 heterocycles. The number of esters is 1. The van der Waals surface area contributed by atoms with Crippen LogP contribution in [0.1, 0.15) is 22.8 Å². The van der Waals surface area contributed by atoms with Crippen LogP contribution in [0.25, 0.3) is 0 Å². The standard InChI is InChI=1S/C15H14FNO3/c1-2-20-15(19)12-5-3-11(4-6-12)9-17-10-13(16)7-8-14(17)18/h3-8,10H,2,9H2,1H3. The van der Waals surface area contributed by atoms with E-state index in [2.05, 4.69) is 0 Å². The van der Waals surface area contributed by atoms with Crippen molar-refractivity contribution in [3.63, 3.8) is 0 Å². The molecule has 2 aromatic rings. The van der Waals surface area contributed by atoms with Gasteiger partial charge in [-0.05, 0) is 30.7 Å². The van der Waals surface area contributed by atoms with Crippen LogP contribution in [-0.4, -0.2) is 17.1 Å². The second-order valence-corrected chi connectivity index (χ2v) is 4.23. The van der Waals surface area contributed by atoms with Gasteiger partial charge in [-0.3, -0.25) is 4.79 Å². The van der Waals surface area contributed by atoms with E-state index in [1.54, 1.807) is 31.2 Å². The van der Waals surface area contributed by atoms with E-state index in [-0.39, 0.29) is 18.1 Å². The number of pyridine rings is 1. The Morgan fingerprint density at radius 2 is 1.90 bits per heavy atom. The SMILES string of the molecule is CCOC(=O)c1ccc(Cn2cc(F)ccc2=O)cc1. The van der Waals surface area contributed by atoms with E-state index in [1.807, 2.05) is 0 Å². The quantitative estimate of drug-likeness (QED) is 0.804. The van der Waals surface area contributed by atoms with Gasteiger partial charge in [0, 0.05) is 12.3 Å². The lowest BCUT2D eigenvalue weighted by atomic mass is 10.1. The van der Waals surface area contributed by atoms with Crippen molar-refractivity contribution in [2.24, 2.45) is 0 Å². The van der Waals surface area contributed by atoms with Gasteiger partial charge in [0.25, 0.3) is 5.56 Å². The molecule has 5 heteroatoms. The van der Waals surface area contributed by atoms with Gasteiger partial charge < -0.3 is 9.30 Å². The molecule has 0 atom stereocenters. The molecule has 20 heavy (non-hydrogen) atoms. The first-order valence-corrected chi connectivity index (χ1v) is 6.22. The average molecular weight is 275 g/mol. The zero-order valence-corrected chi connectivity index (χ0v) is 11.0. The monoisotopic (exact) mass is 275 g/mol. The molecule has 4 nitrogen and oxygen atoms in total. The predicted molar refractivity (Wildman–Crippen MR) is 72.2 cm³/mol. The third kappa shape index (κ3) is 3.32. The molecule has 0 bridgehead atoms. The summed E-state index contributed by atoms with van der Waals surface area (Å²) in [5.74, 6) is -0.852. The summed E-state index contributed by atoms with van der Waals surface area (Å²) < 4.78 is 19.2. The van der Waals surface area contributed by atoms with Crippen LogP contribution in [0.5, 0.6) is 0 Å². The second kappa shape index (κ2) is 6.14. The van der Waals surface area contributed by atoms with Crippen LogP contribution in [0.4, 0.5) is 4.39 Å². The fourth-order valence-corrected chi connectivity index (χ4v) is 1.78. The summed E-state index contributed by atoms with van der Waals surface area (Å²) in [7, 11) is 0. The van der Waals surface area contributed by atoms with Crippen molar-refractivity contribution in [1.29, 1.82) is 0 Å². The molecule has 1 aromatic heterocycles. The van der Waals surface area contributed by atoms with E-state index >= 15 is 0 Å². The van der Waals surface area contributed by atoms with Gasteiger partial charge in [0.15, 0.2) is 0 Å². The van der Waals surface area contributed by atoms with Crippen LogP contribution < -0.4 is 5.56 Å². The zero-order chi connectivity index (χ0) is 14.5. The molecule has 0 radical (unpaired) electrons. The first-order valence-electron chi connectivity index (χ1n) is 6.22. The molecule has 2 rings (SSSR count). The number of carbonyl (C=O) groups is 1. The van der Waals surface area contributed by atoms with Gasteiger partial charge in [-0.2, -0.15) is 0 Å². The van der Waals surface area contributed by atoms with Gasteiger partial charge in [-0.25, -0.2) is 9.18 Å². The van der Waals surface area contributed by atoms with E-state index in [4.69, 9.17) is 4.74 Å². The maximum Gasteiger partial charge on any atom is 0.338 e. The third-order valence-electron chi connectivity index (χ3n) is 2.77. The Hall–Kier alpha value is -2.43. The van der Waals surface area contributed by atoms with Crippen LogP contribution in [0.15, 0.2) is 47.4 Å². The van der Waals surface area contributed by atoms with Crippen molar-refractivity contribution >= 4 is 5.97 Å². The molecule has 0 unspecified atom stereocenters. The Bertz CT molecular complexity index is 662. The number of aromatic nitrogens is 1. The molecule has 104 valence electrons. The largest absolute Gasteiger partial charge is 0.462 e. The minimum Gasteiger partial charge on any atom is -0.462 e.